The number of allylic oxidation sites excluding steroid dienone is 4. The molecule has 3 aromatic rings. The first-order chi connectivity index (χ1) is 17.7. The highest BCUT2D eigenvalue weighted by molar-refractivity contribution is 6.28. The number of aromatic nitrogens is 2. The van der Waals surface area contributed by atoms with Crippen molar-refractivity contribution < 1.29 is 19.5 Å². The van der Waals surface area contributed by atoms with E-state index in [0.29, 0.717) is 11.1 Å². The minimum Gasteiger partial charge on any atom is -0.859 e. The molecule has 37 heavy (non-hydrogen) atoms. The maximum absolute atomic E-state index is 12.4. The number of H-pyrrole nitrogens is 1. The van der Waals surface area contributed by atoms with Crippen molar-refractivity contribution in [3.63, 3.8) is 0 Å². The molecular weight excluding hydrogens is 476 g/mol. The second-order valence-corrected chi connectivity index (χ2v) is 8.14. The maximum atomic E-state index is 12.4. The quantitative estimate of drug-likeness (QED) is 0.311. The van der Waals surface area contributed by atoms with Gasteiger partial charge >= 0.3 is 11.7 Å². The molecule has 2 heterocycles. The number of barbiturate groups is 1. The van der Waals surface area contributed by atoms with Gasteiger partial charge in [-0.3, -0.25) is 29.6 Å². The Labute approximate surface area is 210 Å². The first-order valence-electron chi connectivity index (χ1n) is 11.1. The minimum absolute atomic E-state index is 0.265. The van der Waals surface area contributed by atoms with Crippen molar-refractivity contribution in [1.29, 1.82) is 0 Å². The van der Waals surface area contributed by atoms with Crippen LogP contribution in [-0.2, 0) is 16.6 Å². The number of aromatic amines is 1. The molecule has 2 aromatic carbocycles. The summed E-state index contributed by atoms with van der Waals surface area (Å²) in [5, 5.41) is 14.5. The Kier molecular flexibility index (Phi) is 6.83. The molecule has 0 unspecified atom stereocenters. The van der Waals surface area contributed by atoms with Gasteiger partial charge in [-0.15, -0.1) is 0 Å². The number of hydrogen-bond donors (Lipinski definition) is 2. The van der Waals surface area contributed by atoms with E-state index in [2.05, 4.69) is 10.3 Å². The first-order valence-corrected chi connectivity index (χ1v) is 11.1. The molecule has 1 aliphatic heterocycles. The monoisotopic (exact) mass is 497 g/mol. The number of hydrogen-bond acceptors (Lipinski definition) is 6. The predicted octanol–water partition coefficient (Wildman–Crippen LogP) is 1.55. The van der Waals surface area contributed by atoms with Crippen LogP contribution >= 0.6 is 0 Å². The molecule has 186 valence electrons. The summed E-state index contributed by atoms with van der Waals surface area (Å²) < 4.78 is 0.777. The highest BCUT2D eigenvalue weighted by atomic mass is 16.3. The van der Waals surface area contributed by atoms with Crippen LogP contribution < -0.4 is 21.7 Å². The zero-order valence-corrected chi connectivity index (χ0v) is 19.8. The van der Waals surface area contributed by atoms with Crippen LogP contribution in [0.5, 0.6) is 5.88 Å². The molecule has 10 heteroatoms. The normalized spacial score (nSPS) is 15.5. The van der Waals surface area contributed by atoms with Crippen molar-refractivity contribution in [3.05, 3.63) is 110 Å². The molecule has 0 radical (unpaired) electrons. The van der Waals surface area contributed by atoms with Crippen LogP contribution in [0, 0.1) is 0 Å². The van der Waals surface area contributed by atoms with E-state index in [0.717, 1.165) is 20.6 Å². The topological polar surface area (TPSA) is 144 Å². The van der Waals surface area contributed by atoms with Crippen LogP contribution in [0.15, 0.2) is 88.0 Å². The van der Waals surface area contributed by atoms with Gasteiger partial charge in [-0.05, 0) is 40.3 Å². The summed E-state index contributed by atoms with van der Waals surface area (Å²) >= 11 is 0. The van der Waals surface area contributed by atoms with E-state index >= 15 is 0 Å². The van der Waals surface area contributed by atoms with Crippen molar-refractivity contribution in [2.75, 3.05) is 7.05 Å². The summed E-state index contributed by atoms with van der Waals surface area (Å²) in [4.78, 5) is 63.1. The highest BCUT2D eigenvalue weighted by Gasteiger charge is 2.32. The Bertz CT molecular complexity index is 1610. The Balaban J connectivity index is 1.79. The molecule has 2 N–H and O–H groups in total. The lowest BCUT2D eigenvalue weighted by Gasteiger charge is -2.22. The van der Waals surface area contributed by atoms with Gasteiger partial charge in [-0.25, -0.2) is 9.59 Å². The van der Waals surface area contributed by atoms with E-state index in [-0.39, 0.29) is 11.1 Å². The highest BCUT2D eigenvalue weighted by Crippen LogP contribution is 2.24. The van der Waals surface area contributed by atoms with Gasteiger partial charge in [0, 0.05) is 19.7 Å². The number of nitrogens with one attached hydrogen (secondary N) is 2. The minimum atomic E-state index is -0.844. The van der Waals surface area contributed by atoms with E-state index in [1.54, 1.807) is 12.1 Å². The zero-order valence-electron chi connectivity index (χ0n) is 19.8. The van der Waals surface area contributed by atoms with Crippen molar-refractivity contribution in [3.8, 4) is 17.0 Å². The maximum Gasteiger partial charge on any atom is 0.331 e. The smallest absolute Gasteiger partial charge is 0.331 e. The molecule has 1 saturated heterocycles. The third-order valence-electron chi connectivity index (χ3n) is 5.79. The molecule has 0 spiro atoms. The van der Waals surface area contributed by atoms with Crippen LogP contribution in [0.2, 0.25) is 0 Å². The fraction of sp³-hybridized carbons (Fsp3) is 0.0741. The van der Waals surface area contributed by atoms with Gasteiger partial charge < -0.3 is 9.67 Å². The number of amides is 4. The molecule has 10 nitrogen and oxygen atoms in total. The second-order valence-electron chi connectivity index (χ2n) is 8.14. The number of urea groups is 1. The molecule has 1 fully saturated rings. The number of benzene rings is 2. The SMILES string of the molecule is CN1C(=O)NC(=O)C(=CC=C(C=Cc2c([O-])n(C)c(=O)[nH]c2=O)c2ccc(-c3ccccc3)cc2)C1=O. The molecule has 1 aliphatic rings. The predicted molar refractivity (Wildman–Crippen MR) is 135 cm³/mol. The van der Waals surface area contributed by atoms with Crippen molar-refractivity contribution in [1.82, 2.24) is 19.8 Å². The standard InChI is InChI=1S/C27H22N4O6/c1-30-24(34)20(22(32)28-26(30)36)14-12-19(13-15-21-23(33)29-27(37)31(2)25(21)35)18-10-8-17(9-11-18)16-6-4-3-5-7-16/h3-15,34H,1-2H3,(H,28,32,36)(H,29,33,37)/p-1. The van der Waals surface area contributed by atoms with Gasteiger partial charge in [-0.2, -0.15) is 0 Å². The van der Waals surface area contributed by atoms with Gasteiger partial charge in [0.2, 0.25) is 0 Å². The molecule has 1 aromatic heterocycles. The van der Waals surface area contributed by atoms with Gasteiger partial charge in [-0.1, -0.05) is 66.7 Å². The Morgan fingerprint density at radius 3 is 2.22 bits per heavy atom. The van der Waals surface area contributed by atoms with E-state index in [9.17, 15) is 29.1 Å². The van der Waals surface area contributed by atoms with Gasteiger partial charge in [0.1, 0.15) is 5.57 Å². The lowest BCUT2D eigenvalue weighted by atomic mass is 9.99. The fourth-order valence-corrected chi connectivity index (χ4v) is 3.61. The van der Waals surface area contributed by atoms with E-state index in [1.165, 1.54) is 38.4 Å². The largest absolute Gasteiger partial charge is 0.859 e. The third kappa shape index (κ3) is 5.08. The number of carbonyl (C=O) groups excluding carboxylic acids is 3. The van der Waals surface area contributed by atoms with Crippen molar-refractivity contribution in [2.45, 2.75) is 0 Å². The Morgan fingerprint density at radius 2 is 1.54 bits per heavy atom. The number of nitrogens with zero attached hydrogens (tertiary/aromatic N) is 2. The summed E-state index contributed by atoms with van der Waals surface area (Å²) in [5.41, 5.74) is 0.839. The van der Waals surface area contributed by atoms with E-state index in [1.807, 2.05) is 42.5 Å². The average molecular weight is 497 g/mol. The number of imide groups is 2. The summed E-state index contributed by atoms with van der Waals surface area (Å²) in [5.74, 6) is -2.39. The molecular formula is C27H21N4O6-. The van der Waals surface area contributed by atoms with Gasteiger partial charge in [0.05, 0.1) is 0 Å². The van der Waals surface area contributed by atoms with Crippen LogP contribution in [0.1, 0.15) is 11.1 Å². The molecule has 0 aliphatic carbocycles. The third-order valence-corrected chi connectivity index (χ3v) is 5.79. The van der Waals surface area contributed by atoms with Crippen molar-refractivity contribution in [2.24, 2.45) is 7.05 Å². The molecule has 0 bridgehead atoms. The lowest BCUT2D eigenvalue weighted by Crippen LogP contribution is -2.52. The van der Waals surface area contributed by atoms with Gasteiger partial charge in [0.15, 0.2) is 0 Å². The van der Waals surface area contributed by atoms with Crippen LogP contribution in [0.4, 0.5) is 4.79 Å². The lowest BCUT2D eigenvalue weighted by molar-refractivity contribution is -0.279. The Morgan fingerprint density at radius 1 is 0.892 bits per heavy atom. The van der Waals surface area contributed by atoms with E-state index in [4.69, 9.17) is 0 Å². The van der Waals surface area contributed by atoms with Crippen LogP contribution in [-0.4, -0.2) is 39.3 Å². The Hall–Kier alpha value is -5.25. The molecule has 4 amide bonds. The summed E-state index contributed by atoms with van der Waals surface area (Å²) in [7, 11) is 2.49. The first kappa shape index (κ1) is 24.9. The fourth-order valence-electron chi connectivity index (χ4n) is 3.61. The van der Waals surface area contributed by atoms with Gasteiger partial charge in [0.25, 0.3) is 17.4 Å². The van der Waals surface area contributed by atoms with E-state index < -0.39 is 35.0 Å². The van der Waals surface area contributed by atoms with Crippen molar-refractivity contribution >= 4 is 29.5 Å². The summed E-state index contributed by atoms with van der Waals surface area (Å²) in [6, 6.07) is 16.2. The summed E-state index contributed by atoms with van der Waals surface area (Å²) in [6.07, 6.45) is 5.44. The van der Waals surface area contributed by atoms with Crippen LogP contribution in [0.3, 0.4) is 0 Å². The number of carbonyl (C=O) groups is 3. The number of rotatable bonds is 5. The molecule has 4 rings (SSSR count). The average Bonchev–Trinajstić information content (AvgIpc) is 2.89. The summed E-state index contributed by atoms with van der Waals surface area (Å²) in [6.45, 7) is 0. The second kappa shape index (κ2) is 10.2. The van der Waals surface area contributed by atoms with Crippen LogP contribution in [0.25, 0.3) is 22.8 Å². The molecule has 0 atom stereocenters. The number of likely N-dealkylation sites (N-methyl/N-ethyl adjacent to an activating group) is 1. The molecule has 0 saturated carbocycles. The zero-order chi connectivity index (χ0) is 26.7.